The van der Waals surface area contributed by atoms with E-state index in [1.807, 2.05) is 7.05 Å². The van der Waals surface area contributed by atoms with Gasteiger partial charge >= 0.3 is 0 Å². The first kappa shape index (κ1) is 18.2. The van der Waals surface area contributed by atoms with E-state index in [1.54, 1.807) is 6.07 Å². The van der Waals surface area contributed by atoms with Crippen LogP contribution in [0.5, 0.6) is 0 Å². The van der Waals surface area contributed by atoms with E-state index in [4.69, 9.17) is 5.14 Å². The summed E-state index contributed by atoms with van der Waals surface area (Å²) in [5.74, 6) is 1.67. The SMILES string of the molecule is CN(CCCCC1CCC(C)(C)C1)c1ccc(S(N)(=O)=O)cn1. The average Bonchev–Trinajstić information content (AvgIpc) is 2.82. The van der Waals surface area contributed by atoms with Gasteiger partial charge in [-0.25, -0.2) is 18.5 Å². The molecule has 1 unspecified atom stereocenters. The van der Waals surface area contributed by atoms with E-state index in [-0.39, 0.29) is 4.90 Å². The molecule has 130 valence electrons. The number of anilines is 1. The highest BCUT2D eigenvalue weighted by molar-refractivity contribution is 7.89. The molecule has 5 nitrogen and oxygen atoms in total. The van der Waals surface area contributed by atoms with Crippen LogP contribution in [0.15, 0.2) is 23.2 Å². The summed E-state index contributed by atoms with van der Waals surface area (Å²) in [6.07, 6.45) is 9.10. The van der Waals surface area contributed by atoms with Gasteiger partial charge in [0.1, 0.15) is 10.7 Å². The van der Waals surface area contributed by atoms with Crippen molar-refractivity contribution in [3.05, 3.63) is 18.3 Å². The zero-order chi connectivity index (χ0) is 17.1. The maximum atomic E-state index is 11.2. The number of sulfonamides is 1. The van der Waals surface area contributed by atoms with Crippen molar-refractivity contribution >= 4 is 15.8 Å². The summed E-state index contributed by atoms with van der Waals surface area (Å²) in [7, 11) is -1.68. The summed E-state index contributed by atoms with van der Waals surface area (Å²) < 4.78 is 22.4. The molecule has 0 saturated heterocycles. The second kappa shape index (κ2) is 7.18. The predicted molar refractivity (Wildman–Crippen MR) is 93.9 cm³/mol. The second-order valence-electron chi connectivity index (χ2n) is 7.59. The molecule has 0 amide bonds. The van der Waals surface area contributed by atoms with Gasteiger partial charge in [0.15, 0.2) is 0 Å². The first-order chi connectivity index (χ1) is 10.7. The molecule has 1 aliphatic rings. The number of primary sulfonamides is 1. The molecule has 1 saturated carbocycles. The number of nitrogens with two attached hydrogens (primary N) is 1. The second-order valence-corrected chi connectivity index (χ2v) is 9.15. The van der Waals surface area contributed by atoms with E-state index in [0.717, 1.165) is 24.7 Å². The maximum absolute atomic E-state index is 11.2. The molecular formula is C17H29N3O2S. The third kappa shape index (κ3) is 5.46. The van der Waals surface area contributed by atoms with Crippen LogP contribution in [0.4, 0.5) is 5.82 Å². The van der Waals surface area contributed by atoms with Gasteiger partial charge in [0.05, 0.1) is 0 Å². The summed E-state index contributed by atoms with van der Waals surface area (Å²) in [5.41, 5.74) is 0.538. The molecule has 1 aliphatic carbocycles. The van der Waals surface area contributed by atoms with E-state index in [1.165, 1.54) is 44.4 Å². The Morgan fingerprint density at radius 1 is 1.35 bits per heavy atom. The van der Waals surface area contributed by atoms with E-state index in [0.29, 0.717) is 5.41 Å². The van der Waals surface area contributed by atoms with Gasteiger partial charge in [-0.1, -0.05) is 26.7 Å². The molecule has 0 bridgehead atoms. The summed E-state index contributed by atoms with van der Waals surface area (Å²) in [6.45, 7) is 5.67. The third-order valence-electron chi connectivity index (χ3n) is 4.87. The molecule has 0 aromatic carbocycles. The Balaban J connectivity index is 1.74. The number of hydrogen-bond donors (Lipinski definition) is 1. The van der Waals surface area contributed by atoms with Crippen LogP contribution >= 0.6 is 0 Å². The lowest BCUT2D eigenvalue weighted by molar-refractivity contribution is 0.350. The minimum absolute atomic E-state index is 0.0542. The minimum Gasteiger partial charge on any atom is -0.360 e. The molecule has 0 radical (unpaired) electrons. The summed E-state index contributed by atoms with van der Waals surface area (Å²) in [4.78, 5) is 6.30. The van der Waals surface area contributed by atoms with Crippen molar-refractivity contribution in [1.29, 1.82) is 0 Å². The van der Waals surface area contributed by atoms with Gasteiger partial charge in [-0.05, 0) is 49.1 Å². The molecule has 1 fully saturated rings. The van der Waals surface area contributed by atoms with Crippen molar-refractivity contribution in [2.24, 2.45) is 16.5 Å². The van der Waals surface area contributed by atoms with Crippen molar-refractivity contribution < 1.29 is 8.42 Å². The van der Waals surface area contributed by atoms with Crippen molar-refractivity contribution in [2.75, 3.05) is 18.5 Å². The number of pyridine rings is 1. The van der Waals surface area contributed by atoms with Crippen LogP contribution in [-0.4, -0.2) is 27.0 Å². The standard InChI is InChI=1S/C17H29N3O2S/c1-17(2)10-9-14(12-17)6-4-5-11-20(3)16-8-7-15(13-19-16)23(18,21)22/h7-8,13-14H,4-6,9-12H2,1-3H3,(H2,18,21,22). The Labute approximate surface area is 140 Å². The fourth-order valence-corrected chi connectivity index (χ4v) is 3.95. The Hall–Kier alpha value is -1.14. The number of aromatic nitrogens is 1. The minimum atomic E-state index is -3.67. The summed E-state index contributed by atoms with van der Waals surface area (Å²) in [5, 5.41) is 5.08. The normalized spacial score (nSPS) is 20.6. The van der Waals surface area contributed by atoms with Crippen molar-refractivity contribution in [3.8, 4) is 0 Å². The first-order valence-corrected chi connectivity index (χ1v) is 9.92. The molecule has 1 atom stereocenters. The largest absolute Gasteiger partial charge is 0.360 e. The van der Waals surface area contributed by atoms with Gasteiger partial charge < -0.3 is 4.90 Å². The predicted octanol–water partition coefficient (Wildman–Crippen LogP) is 3.16. The highest BCUT2D eigenvalue weighted by Gasteiger charge is 2.30. The van der Waals surface area contributed by atoms with E-state index < -0.39 is 10.0 Å². The highest BCUT2D eigenvalue weighted by atomic mass is 32.2. The van der Waals surface area contributed by atoms with Crippen LogP contribution in [0.3, 0.4) is 0 Å². The molecule has 0 aliphatic heterocycles. The topological polar surface area (TPSA) is 76.3 Å². The molecule has 2 rings (SSSR count). The van der Waals surface area contributed by atoms with Gasteiger partial charge in [-0.15, -0.1) is 0 Å². The molecule has 2 N–H and O–H groups in total. The quantitative estimate of drug-likeness (QED) is 0.774. The van der Waals surface area contributed by atoms with Gasteiger partial charge in [0, 0.05) is 19.8 Å². The van der Waals surface area contributed by atoms with Crippen LogP contribution in [0.2, 0.25) is 0 Å². The lowest BCUT2D eigenvalue weighted by atomic mass is 9.89. The smallest absolute Gasteiger partial charge is 0.239 e. The maximum Gasteiger partial charge on any atom is 0.239 e. The van der Waals surface area contributed by atoms with Crippen LogP contribution in [0.25, 0.3) is 0 Å². The molecule has 6 heteroatoms. The molecule has 0 spiro atoms. The highest BCUT2D eigenvalue weighted by Crippen LogP contribution is 2.42. The summed E-state index contributed by atoms with van der Waals surface area (Å²) >= 11 is 0. The number of hydrogen-bond acceptors (Lipinski definition) is 4. The Bertz CT molecular complexity index is 611. The Morgan fingerprint density at radius 2 is 2.09 bits per heavy atom. The van der Waals surface area contributed by atoms with Crippen LogP contribution in [0.1, 0.15) is 52.4 Å². The van der Waals surface area contributed by atoms with E-state index in [2.05, 4.69) is 23.7 Å². The number of unbranched alkanes of at least 4 members (excludes halogenated alkanes) is 1. The van der Waals surface area contributed by atoms with E-state index >= 15 is 0 Å². The summed E-state index contributed by atoms with van der Waals surface area (Å²) in [6, 6.07) is 3.22. The van der Waals surface area contributed by atoms with Crippen molar-refractivity contribution in [1.82, 2.24) is 4.98 Å². The third-order valence-corrected chi connectivity index (χ3v) is 5.77. The zero-order valence-electron chi connectivity index (χ0n) is 14.5. The van der Waals surface area contributed by atoms with Gasteiger partial charge in [-0.2, -0.15) is 0 Å². The lowest BCUT2D eigenvalue weighted by Gasteiger charge is -2.19. The van der Waals surface area contributed by atoms with Crippen LogP contribution < -0.4 is 10.0 Å². The zero-order valence-corrected chi connectivity index (χ0v) is 15.3. The van der Waals surface area contributed by atoms with Crippen molar-refractivity contribution in [2.45, 2.75) is 57.3 Å². The Morgan fingerprint density at radius 3 is 2.61 bits per heavy atom. The lowest BCUT2D eigenvalue weighted by Crippen LogP contribution is -2.20. The monoisotopic (exact) mass is 339 g/mol. The molecular weight excluding hydrogens is 310 g/mol. The molecule has 1 aromatic heterocycles. The molecule has 23 heavy (non-hydrogen) atoms. The van der Waals surface area contributed by atoms with Gasteiger partial charge in [-0.3, -0.25) is 0 Å². The average molecular weight is 340 g/mol. The number of rotatable bonds is 7. The van der Waals surface area contributed by atoms with Crippen LogP contribution in [-0.2, 0) is 10.0 Å². The van der Waals surface area contributed by atoms with Gasteiger partial charge in [0.25, 0.3) is 0 Å². The van der Waals surface area contributed by atoms with E-state index in [9.17, 15) is 8.42 Å². The van der Waals surface area contributed by atoms with Gasteiger partial charge in [0.2, 0.25) is 10.0 Å². The fraction of sp³-hybridized carbons (Fsp3) is 0.706. The van der Waals surface area contributed by atoms with Crippen LogP contribution in [0, 0.1) is 11.3 Å². The number of nitrogens with zero attached hydrogens (tertiary/aromatic N) is 2. The Kier molecular flexibility index (Phi) is 5.68. The molecule has 1 aromatic rings. The van der Waals surface area contributed by atoms with Crippen molar-refractivity contribution in [3.63, 3.8) is 0 Å². The first-order valence-electron chi connectivity index (χ1n) is 8.37. The molecule has 1 heterocycles. The fourth-order valence-electron chi connectivity index (χ4n) is 3.49.